The number of benzene rings is 1. The fraction of sp³-hybridized carbons (Fsp3) is 0.0909. The molecule has 0 radical (unpaired) electrons. The summed E-state index contributed by atoms with van der Waals surface area (Å²) in [7, 11) is 3.82. The van der Waals surface area contributed by atoms with E-state index in [0.717, 1.165) is 16.8 Å². The van der Waals surface area contributed by atoms with Crippen molar-refractivity contribution in [3.05, 3.63) is 35.4 Å². The monoisotopic (exact) mass is 181 g/mol. The van der Waals surface area contributed by atoms with E-state index in [4.69, 9.17) is 0 Å². The Kier molecular flexibility index (Phi) is 1.35. The van der Waals surface area contributed by atoms with Crippen LogP contribution in [-0.4, -0.2) is 25.4 Å². The van der Waals surface area contributed by atoms with Crippen molar-refractivity contribution in [1.29, 1.82) is 0 Å². The molecule has 1 aromatic rings. The van der Waals surface area contributed by atoms with Crippen molar-refractivity contribution < 1.29 is 4.79 Å². The predicted octanol–water partition coefficient (Wildman–Crippen LogP) is 0.481. The van der Waals surface area contributed by atoms with Gasteiger partial charge in [-0.2, -0.15) is 0 Å². The topological polar surface area (TPSA) is 20.3 Å². The van der Waals surface area contributed by atoms with Gasteiger partial charge in [-0.25, -0.2) is 0 Å². The van der Waals surface area contributed by atoms with E-state index < -0.39 is 0 Å². The van der Waals surface area contributed by atoms with E-state index in [0.29, 0.717) is 12.0 Å². The van der Waals surface area contributed by atoms with Crippen molar-refractivity contribution in [2.75, 3.05) is 11.4 Å². The molecule has 2 aliphatic rings. The van der Waals surface area contributed by atoms with E-state index in [2.05, 4.69) is 13.6 Å². The first-order chi connectivity index (χ1) is 6.79. The molecule has 3 heteroatoms. The van der Waals surface area contributed by atoms with Crippen LogP contribution in [0.2, 0.25) is 0 Å². The fourth-order valence-corrected chi connectivity index (χ4v) is 2.08. The fourth-order valence-electron chi connectivity index (χ4n) is 2.08. The number of hydrogen-bond acceptors (Lipinski definition) is 1. The minimum absolute atomic E-state index is 0.0387. The maximum atomic E-state index is 11.8. The number of anilines is 1. The third-order valence-electron chi connectivity index (χ3n) is 2.75. The summed E-state index contributed by atoms with van der Waals surface area (Å²) in [6.45, 7) is 0.669. The van der Waals surface area contributed by atoms with Gasteiger partial charge in [0.25, 0.3) is 0 Å². The van der Waals surface area contributed by atoms with E-state index in [1.165, 1.54) is 0 Å². The van der Waals surface area contributed by atoms with Crippen LogP contribution < -0.4 is 4.90 Å². The maximum absolute atomic E-state index is 11.8. The molecule has 3 rings (SSSR count). The summed E-state index contributed by atoms with van der Waals surface area (Å²) < 4.78 is 0. The van der Waals surface area contributed by atoms with Gasteiger partial charge < -0.3 is 0 Å². The summed E-state index contributed by atoms with van der Waals surface area (Å²) in [5, 5.41) is 0. The van der Waals surface area contributed by atoms with Crippen molar-refractivity contribution in [2.24, 2.45) is 0 Å². The molecular weight excluding hydrogens is 173 g/mol. The molecule has 2 nitrogen and oxygen atoms in total. The Balaban J connectivity index is 2.38. The normalized spacial score (nSPS) is 17.5. The van der Waals surface area contributed by atoms with E-state index in [1.54, 1.807) is 4.90 Å². The average molecular weight is 181 g/mol. The van der Waals surface area contributed by atoms with Crippen LogP contribution in [0.5, 0.6) is 0 Å². The molecule has 0 aliphatic carbocycles. The summed E-state index contributed by atoms with van der Waals surface area (Å²) in [4.78, 5) is 13.6. The third kappa shape index (κ3) is 0.770. The van der Waals surface area contributed by atoms with Gasteiger partial charge >= 0.3 is 82.3 Å². The van der Waals surface area contributed by atoms with Crippen LogP contribution >= 0.6 is 0 Å². The second-order valence-corrected chi connectivity index (χ2v) is 3.54. The number of carbonyl (C=O) groups excluding carboxylic acids is 1. The number of amides is 1. The number of nitrogens with zero attached hydrogens (tertiary/aromatic N) is 1. The first kappa shape index (κ1) is 7.74. The van der Waals surface area contributed by atoms with Crippen LogP contribution in [0.25, 0.3) is 6.08 Å². The molecule has 0 bridgehead atoms. The van der Waals surface area contributed by atoms with Crippen molar-refractivity contribution in [2.45, 2.75) is 0 Å². The molecule has 2 heterocycles. The molecule has 1 aromatic carbocycles. The number of hydrogen-bond donors (Lipinski definition) is 0. The van der Waals surface area contributed by atoms with Crippen LogP contribution in [0.1, 0.15) is 11.1 Å². The molecule has 0 aromatic heterocycles. The van der Waals surface area contributed by atoms with Crippen molar-refractivity contribution in [3.63, 3.8) is 0 Å². The molecule has 0 fully saturated rings. The molecule has 66 valence electrons. The summed E-state index contributed by atoms with van der Waals surface area (Å²) in [5.41, 5.74) is 3.74. The van der Waals surface area contributed by atoms with Gasteiger partial charge in [-0.05, 0) is 0 Å². The summed E-state index contributed by atoms with van der Waals surface area (Å²) in [6.07, 6.45) is 4.06. The SMILES string of the molecule is B=C1C(=O)N2CC=Cc3cccc1c32. The minimum atomic E-state index is 0.0387. The van der Waals surface area contributed by atoms with Gasteiger partial charge in [0.05, 0.1) is 0 Å². The van der Waals surface area contributed by atoms with Gasteiger partial charge in [0.15, 0.2) is 0 Å². The van der Waals surface area contributed by atoms with E-state index >= 15 is 0 Å². The average Bonchev–Trinajstić information content (AvgIpc) is 2.47. The van der Waals surface area contributed by atoms with Crippen molar-refractivity contribution >= 4 is 30.6 Å². The molecule has 0 unspecified atom stereocenters. The zero-order valence-electron chi connectivity index (χ0n) is 7.66. The van der Waals surface area contributed by atoms with Gasteiger partial charge in [-0.1, -0.05) is 0 Å². The van der Waals surface area contributed by atoms with Crippen molar-refractivity contribution in [1.82, 2.24) is 0 Å². The molecule has 0 spiro atoms. The Morgan fingerprint density at radius 3 is 3.07 bits per heavy atom. The summed E-state index contributed by atoms with van der Waals surface area (Å²) in [6, 6.07) is 5.94. The zero-order valence-corrected chi connectivity index (χ0v) is 7.66. The second-order valence-electron chi connectivity index (χ2n) is 3.54. The Labute approximate surface area is 82.9 Å². The van der Waals surface area contributed by atoms with E-state index in [9.17, 15) is 4.79 Å². The van der Waals surface area contributed by atoms with Crippen molar-refractivity contribution in [3.8, 4) is 0 Å². The number of para-hydroxylation sites is 1. The van der Waals surface area contributed by atoms with Crippen LogP contribution in [-0.2, 0) is 4.79 Å². The Morgan fingerprint density at radius 1 is 1.36 bits per heavy atom. The van der Waals surface area contributed by atoms with Crippen LogP contribution in [0.4, 0.5) is 5.69 Å². The van der Waals surface area contributed by atoms with Gasteiger partial charge in [0.1, 0.15) is 0 Å². The van der Waals surface area contributed by atoms with Gasteiger partial charge in [-0.3, -0.25) is 0 Å². The molecule has 2 aliphatic heterocycles. The quantitative estimate of drug-likeness (QED) is 0.533. The summed E-state index contributed by atoms with van der Waals surface area (Å²) in [5.74, 6) is 0.0387. The molecule has 14 heavy (non-hydrogen) atoms. The molecule has 0 saturated heterocycles. The number of rotatable bonds is 0. The molecule has 0 atom stereocenters. The molecular formula is C11H8BNO. The van der Waals surface area contributed by atoms with Gasteiger partial charge in [0, 0.05) is 0 Å². The first-order valence-corrected chi connectivity index (χ1v) is 4.60. The Hall–Kier alpha value is -1.64. The van der Waals surface area contributed by atoms with Crippen LogP contribution in [0, 0.1) is 0 Å². The molecule has 0 N–H and O–H groups in total. The van der Waals surface area contributed by atoms with Crippen LogP contribution in [0.3, 0.4) is 0 Å². The van der Waals surface area contributed by atoms with Gasteiger partial charge in [-0.15, -0.1) is 0 Å². The molecule has 0 saturated carbocycles. The first-order valence-electron chi connectivity index (χ1n) is 4.60. The second kappa shape index (κ2) is 2.44. The zero-order chi connectivity index (χ0) is 9.71. The predicted molar refractivity (Wildman–Crippen MR) is 59.1 cm³/mol. The Bertz CT molecular complexity index is 490. The Morgan fingerprint density at radius 2 is 2.21 bits per heavy atom. The standard InChI is InChI=1S/C11H8BNO/c12-9-8-5-1-3-7-4-2-6-13(10(7)8)11(9)14/h1-5,12H,6H2. The van der Waals surface area contributed by atoms with Gasteiger partial charge in [0.2, 0.25) is 0 Å². The summed E-state index contributed by atoms with van der Waals surface area (Å²) >= 11 is 0. The number of carbonyl (C=O) groups is 1. The van der Waals surface area contributed by atoms with E-state index in [1.807, 2.05) is 24.3 Å². The third-order valence-corrected chi connectivity index (χ3v) is 2.75. The van der Waals surface area contributed by atoms with E-state index in [-0.39, 0.29) is 5.91 Å². The van der Waals surface area contributed by atoms with Crippen LogP contribution in [0.15, 0.2) is 24.3 Å². The molecule has 1 amide bonds.